The normalized spacial score (nSPS) is 12.2. The third-order valence-electron chi connectivity index (χ3n) is 4.65. The molecular formula is C22H23NO3. The number of hydrogen-bond donors (Lipinski definition) is 0. The maximum atomic E-state index is 12.1. The lowest BCUT2D eigenvalue weighted by atomic mass is 9.95. The van der Waals surface area contributed by atoms with Gasteiger partial charge in [0.1, 0.15) is 5.58 Å². The van der Waals surface area contributed by atoms with Gasteiger partial charge in [0.05, 0.1) is 0 Å². The van der Waals surface area contributed by atoms with Crippen LogP contribution >= 0.6 is 0 Å². The number of fused-ring (bicyclic) bond motifs is 1. The summed E-state index contributed by atoms with van der Waals surface area (Å²) in [4.78, 5) is 25.8. The van der Waals surface area contributed by atoms with Gasteiger partial charge in [0.2, 0.25) is 5.91 Å². The Morgan fingerprint density at radius 3 is 2.50 bits per heavy atom. The van der Waals surface area contributed by atoms with Gasteiger partial charge in [-0.05, 0) is 36.1 Å². The molecule has 0 saturated carbocycles. The van der Waals surface area contributed by atoms with Crippen LogP contribution in [0.3, 0.4) is 0 Å². The van der Waals surface area contributed by atoms with Gasteiger partial charge in [-0.15, -0.1) is 0 Å². The molecule has 134 valence electrons. The smallest absolute Gasteiger partial charge is 0.336 e. The first-order chi connectivity index (χ1) is 12.4. The molecule has 0 aliphatic rings. The second-order valence-electron chi connectivity index (χ2n) is 6.96. The molecule has 1 heterocycles. The van der Waals surface area contributed by atoms with Crippen molar-refractivity contribution in [3.8, 4) is 11.1 Å². The molecule has 26 heavy (non-hydrogen) atoms. The van der Waals surface area contributed by atoms with Crippen LogP contribution in [-0.2, 0) is 11.2 Å². The summed E-state index contributed by atoms with van der Waals surface area (Å²) in [7, 11) is 3.51. The Labute approximate surface area is 153 Å². The zero-order valence-corrected chi connectivity index (χ0v) is 15.6. The van der Waals surface area contributed by atoms with Crippen molar-refractivity contribution in [1.82, 2.24) is 4.90 Å². The van der Waals surface area contributed by atoms with E-state index in [0.29, 0.717) is 12.0 Å². The van der Waals surface area contributed by atoms with E-state index in [-0.39, 0.29) is 17.5 Å². The van der Waals surface area contributed by atoms with Crippen molar-refractivity contribution >= 4 is 16.9 Å². The molecule has 2 aromatic carbocycles. The van der Waals surface area contributed by atoms with Crippen molar-refractivity contribution in [2.75, 3.05) is 14.1 Å². The molecule has 1 unspecified atom stereocenters. The molecule has 3 rings (SSSR count). The average Bonchev–Trinajstić information content (AvgIpc) is 2.60. The predicted octanol–water partition coefficient (Wildman–Crippen LogP) is 4.04. The van der Waals surface area contributed by atoms with E-state index in [0.717, 1.165) is 27.6 Å². The minimum absolute atomic E-state index is 0.0835. The molecule has 1 atom stereocenters. The van der Waals surface area contributed by atoms with Crippen LogP contribution in [0.15, 0.2) is 57.7 Å². The predicted molar refractivity (Wildman–Crippen MR) is 104 cm³/mol. The lowest BCUT2D eigenvalue weighted by Gasteiger charge is -2.17. The molecule has 0 radical (unpaired) electrons. The fourth-order valence-electron chi connectivity index (χ4n) is 3.31. The van der Waals surface area contributed by atoms with Gasteiger partial charge >= 0.3 is 5.63 Å². The van der Waals surface area contributed by atoms with E-state index in [1.165, 1.54) is 0 Å². The highest BCUT2D eigenvalue weighted by Crippen LogP contribution is 2.30. The van der Waals surface area contributed by atoms with Gasteiger partial charge in [0.25, 0.3) is 0 Å². The Bertz CT molecular complexity index is 1020. The Kier molecular flexibility index (Phi) is 4.94. The van der Waals surface area contributed by atoms with Gasteiger partial charge < -0.3 is 9.32 Å². The Hall–Kier alpha value is -2.88. The van der Waals surface area contributed by atoms with Crippen LogP contribution in [0.2, 0.25) is 0 Å². The maximum Gasteiger partial charge on any atom is 0.336 e. The zero-order valence-electron chi connectivity index (χ0n) is 15.6. The number of aryl methyl sites for hydroxylation is 1. The summed E-state index contributed by atoms with van der Waals surface area (Å²) in [5.74, 6) is -0.0473. The molecule has 0 bridgehead atoms. The summed E-state index contributed by atoms with van der Waals surface area (Å²) in [5.41, 5.74) is 4.16. The summed E-state index contributed by atoms with van der Waals surface area (Å²) in [6.07, 6.45) is 0.602. The second-order valence-corrected chi connectivity index (χ2v) is 6.96. The summed E-state index contributed by atoms with van der Waals surface area (Å²) < 4.78 is 5.44. The highest BCUT2D eigenvalue weighted by molar-refractivity contribution is 5.94. The second kappa shape index (κ2) is 7.16. The molecule has 0 aliphatic carbocycles. The molecule has 0 spiro atoms. The first-order valence-corrected chi connectivity index (χ1v) is 8.71. The number of benzene rings is 2. The molecule has 4 nitrogen and oxygen atoms in total. The van der Waals surface area contributed by atoms with Crippen LogP contribution in [-0.4, -0.2) is 24.9 Å². The van der Waals surface area contributed by atoms with Crippen LogP contribution in [0.4, 0.5) is 0 Å². The topological polar surface area (TPSA) is 50.5 Å². The van der Waals surface area contributed by atoms with Crippen molar-refractivity contribution < 1.29 is 9.21 Å². The molecule has 1 amide bonds. The molecule has 4 heteroatoms. The number of rotatable bonds is 4. The van der Waals surface area contributed by atoms with Crippen LogP contribution in [0.5, 0.6) is 0 Å². The summed E-state index contributed by atoms with van der Waals surface area (Å²) in [6.45, 7) is 3.94. The Morgan fingerprint density at radius 1 is 1.08 bits per heavy atom. The van der Waals surface area contributed by atoms with Crippen molar-refractivity contribution in [3.05, 3.63) is 70.1 Å². The third-order valence-corrected chi connectivity index (χ3v) is 4.65. The third kappa shape index (κ3) is 3.54. The van der Waals surface area contributed by atoms with Crippen molar-refractivity contribution in [3.63, 3.8) is 0 Å². The Balaban J connectivity index is 2.05. The Morgan fingerprint density at radius 2 is 1.81 bits per heavy atom. The van der Waals surface area contributed by atoms with E-state index >= 15 is 0 Å². The molecule has 1 aromatic heterocycles. The van der Waals surface area contributed by atoms with E-state index in [4.69, 9.17) is 4.42 Å². The fourth-order valence-corrected chi connectivity index (χ4v) is 3.31. The monoisotopic (exact) mass is 349 g/mol. The summed E-state index contributed by atoms with van der Waals surface area (Å²) in [5, 5.41) is 0.897. The van der Waals surface area contributed by atoms with Crippen LogP contribution in [0.1, 0.15) is 18.1 Å². The average molecular weight is 349 g/mol. The molecule has 0 saturated heterocycles. The van der Waals surface area contributed by atoms with Crippen LogP contribution < -0.4 is 5.63 Å². The van der Waals surface area contributed by atoms with E-state index in [1.807, 2.05) is 56.3 Å². The standard InChI is InChI=1S/C22H23NO3/c1-14-7-5-6-8-17(14)19-13-21(24)26-20-12-16(9-10-18(19)20)11-15(2)22(25)23(3)4/h5-10,12-13,15H,11H2,1-4H3. The van der Waals surface area contributed by atoms with Crippen molar-refractivity contribution in [1.29, 1.82) is 0 Å². The number of amides is 1. The van der Waals surface area contributed by atoms with E-state index in [2.05, 4.69) is 0 Å². The van der Waals surface area contributed by atoms with Gasteiger partial charge in [-0.1, -0.05) is 43.3 Å². The molecule has 0 aliphatic heterocycles. The highest BCUT2D eigenvalue weighted by atomic mass is 16.4. The van der Waals surface area contributed by atoms with Gasteiger partial charge in [-0.2, -0.15) is 0 Å². The van der Waals surface area contributed by atoms with E-state index in [9.17, 15) is 9.59 Å². The van der Waals surface area contributed by atoms with Gasteiger partial charge in [-0.25, -0.2) is 4.79 Å². The minimum atomic E-state index is -0.370. The molecule has 0 N–H and O–H groups in total. The van der Waals surface area contributed by atoms with Gasteiger partial charge in [-0.3, -0.25) is 4.79 Å². The van der Waals surface area contributed by atoms with Crippen molar-refractivity contribution in [2.45, 2.75) is 20.3 Å². The lowest BCUT2D eigenvalue weighted by molar-refractivity contribution is -0.132. The minimum Gasteiger partial charge on any atom is -0.423 e. The van der Waals surface area contributed by atoms with Crippen molar-refractivity contribution in [2.24, 2.45) is 5.92 Å². The first kappa shape index (κ1) is 17.9. The number of hydrogen-bond acceptors (Lipinski definition) is 3. The molecular weight excluding hydrogens is 326 g/mol. The van der Waals surface area contributed by atoms with Crippen LogP contribution in [0, 0.1) is 12.8 Å². The first-order valence-electron chi connectivity index (χ1n) is 8.71. The number of carbonyl (C=O) groups excluding carboxylic acids is 1. The zero-order chi connectivity index (χ0) is 18.8. The van der Waals surface area contributed by atoms with Crippen LogP contribution in [0.25, 0.3) is 22.1 Å². The highest BCUT2D eigenvalue weighted by Gasteiger charge is 2.16. The van der Waals surface area contributed by atoms with E-state index in [1.54, 1.807) is 25.1 Å². The molecule has 0 fully saturated rings. The largest absolute Gasteiger partial charge is 0.423 e. The lowest BCUT2D eigenvalue weighted by Crippen LogP contribution is -2.29. The van der Waals surface area contributed by atoms with E-state index < -0.39 is 0 Å². The number of carbonyl (C=O) groups is 1. The molecule has 3 aromatic rings. The summed E-state index contributed by atoms with van der Waals surface area (Å²) in [6, 6.07) is 15.4. The SMILES string of the molecule is Cc1ccccc1-c1cc(=O)oc2cc(CC(C)C(=O)N(C)C)ccc12. The fraction of sp³-hybridized carbons (Fsp3) is 0.273. The van der Waals surface area contributed by atoms with Gasteiger partial charge in [0.15, 0.2) is 0 Å². The van der Waals surface area contributed by atoms with Gasteiger partial charge in [0, 0.05) is 37.0 Å². The number of nitrogens with zero attached hydrogens (tertiary/aromatic N) is 1. The quantitative estimate of drug-likeness (QED) is 0.668. The summed E-state index contributed by atoms with van der Waals surface area (Å²) >= 11 is 0. The maximum absolute atomic E-state index is 12.1.